The Bertz CT molecular complexity index is 578. The van der Waals surface area contributed by atoms with E-state index in [2.05, 4.69) is 25.6 Å². The van der Waals surface area contributed by atoms with E-state index in [9.17, 15) is 13.5 Å². The first-order valence-electron chi connectivity index (χ1n) is 5.71. The fraction of sp³-hybridized carbons (Fsp3) is 0.545. The number of likely N-dealkylation sites (N-methyl/N-ethyl adjacent to an activating group) is 1. The van der Waals surface area contributed by atoms with Gasteiger partial charge >= 0.3 is 0 Å². The zero-order valence-electron chi connectivity index (χ0n) is 11.4. The van der Waals surface area contributed by atoms with Crippen LogP contribution in [0.2, 0.25) is 5.15 Å². The second kappa shape index (κ2) is 6.67. The van der Waals surface area contributed by atoms with Gasteiger partial charge in [0.25, 0.3) is 0 Å². The second-order valence-electron chi connectivity index (χ2n) is 5.00. The molecule has 0 amide bonds. The third kappa shape index (κ3) is 5.27. The van der Waals surface area contributed by atoms with Gasteiger partial charge in [0.15, 0.2) is 0 Å². The fourth-order valence-corrected chi connectivity index (χ4v) is 3.76. The molecule has 0 spiro atoms. The molecule has 1 aromatic heterocycles. The van der Waals surface area contributed by atoms with Crippen molar-refractivity contribution in [3.05, 3.63) is 21.9 Å². The molecule has 0 saturated heterocycles. The number of aromatic nitrogens is 1. The lowest BCUT2D eigenvalue weighted by atomic mass is 10.1. The summed E-state index contributed by atoms with van der Waals surface area (Å²) in [4.78, 5) is 5.40. The van der Waals surface area contributed by atoms with Crippen LogP contribution >= 0.6 is 27.5 Å². The Hall–Kier alpha value is -0.250. The van der Waals surface area contributed by atoms with E-state index >= 15 is 0 Å². The van der Waals surface area contributed by atoms with Gasteiger partial charge in [-0.05, 0) is 43.0 Å². The van der Waals surface area contributed by atoms with Gasteiger partial charge in [-0.25, -0.2) is 18.1 Å². The Morgan fingerprint density at radius 3 is 2.70 bits per heavy atom. The molecular formula is C11H17BrClN3O3S. The number of hydrogen-bond acceptors (Lipinski definition) is 5. The van der Waals surface area contributed by atoms with Gasteiger partial charge in [0.1, 0.15) is 10.0 Å². The van der Waals surface area contributed by atoms with Crippen molar-refractivity contribution in [3.63, 3.8) is 0 Å². The maximum Gasteiger partial charge on any atom is 0.243 e. The molecule has 0 aliphatic rings. The molecule has 0 fully saturated rings. The van der Waals surface area contributed by atoms with Gasteiger partial charge in [0.05, 0.1) is 5.60 Å². The van der Waals surface area contributed by atoms with E-state index in [1.165, 1.54) is 12.3 Å². The number of pyridine rings is 1. The average Bonchev–Trinajstić information content (AvgIpc) is 2.28. The maximum atomic E-state index is 12.2. The Kier molecular flexibility index (Phi) is 5.94. The van der Waals surface area contributed by atoms with Gasteiger partial charge in [-0.1, -0.05) is 11.6 Å². The number of hydrogen-bond donors (Lipinski definition) is 2. The fourth-order valence-electron chi connectivity index (χ4n) is 1.66. The van der Waals surface area contributed by atoms with E-state index in [1.807, 2.05) is 0 Å². The molecular weight excluding hydrogens is 370 g/mol. The number of halogens is 2. The van der Waals surface area contributed by atoms with Gasteiger partial charge in [0.2, 0.25) is 10.0 Å². The number of nitrogens with zero attached hydrogens (tertiary/aromatic N) is 2. The van der Waals surface area contributed by atoms with E-state index < -0.39 is 15.6 Å². The summed E-state index contributed by atoms with van der Waals surface area (Å²) in [5.74, 6) is 0. The van der Waals surface area contributed by atoms with Crippen molar-refractivity contribution in [3.8, 4) is 0 Å². The third-order valence-corrected chi connectivity index (χ3v) is 4.62. The predicted molar refractivity (Wildman–Crippen MR) is 81.3 cm³/mol. The van der Waals surface area contributed by atoms with E-state index in [4.69, 9.17) is 11.6 Å². The molecule has 1 rings (SSSR count). The first-order valence-corrected chi connectivity index (χ1v) is 8.37. The van der Waals surface area contributed by atoms with Crippen LogP contribution in [0.1, 0.15) is 6.92 Å². The van der Waals surface area contributed by atoms with Crippen molar-refractivity contribution < 1.29 is 13.5 Å². The molecule has 0 aromatic carbocycles. The molecule has 0 radical (unpaired) electrons. The lowest BCUT2D eigenvalue weighted by Crippen LogP contribution is -2.47. The lowest BCUT2D eigenvalue weighted by Gasteiger charge is -2.27. The Morgan fingerprint density at radius 2 is 2.15 bits per heavy atom. The molecule has 0 saturated carbocycles. The first kappa shape index (κ1) is 17.8. The molecule has 9 heteroatoms. The van der Waals surface area contributed by atoms with Gasteiger partial charge in [-0.2, -0.15) is 0 Å². The van der Waals surface area contributed by atoms with Crippen LogP contribution < -0.4 is 4.72 Å². The summed E-state index contributed by atoms with van der Waals surface area (Å²) in [6.07, 6.45) is 1.41. The molecule has 0 aliphatic carbocycles. The van der Waals surface area contributed by atoms with E-state index in [1.54, 1.807) is 25.9 Å². The Labute approximate surface area is 132 Å². The third-order valence-electron chi connectivity index (χ3n) is 2.36. The second-order valence-corrected chi connectivity index (χ2v) is 8.01. The standard InChI is InChI=1S/C11H17BrClN3O3S/c1-11(17,7-16(2)3)6-15-20(18,19)9-4-8(12)5-14-10(9)13/h4-5,15,17H,6-7H2,1-3H3. The topological polar surface area (TPSA) is 82.5 Å². The van der Waals surface area contributed by atoms with Gasteiger partial charge in [-0.3, -0.25) is 0 Å². The highest BCUT2D eigenvalue weighted by atomic mass is 79.9. The van der Waals surface area contributed by atoms with Gasteiger partial charge < -0.3 is 10.0 Å². The smallest absolute Gasteiger partial charge is 0.243 e. The molecule has 1 heterocycles. The quantitative estimate of drug-likeness (QED) is 0.715. The normalized spacial score (nSPS) is 15.3. The van der Waals surface area contributed by atoms with Crippen molar-refractivity contribution in [1.82, 2.24) is 14.6 Å². The van der Waals surface area contributed by atoms with Crippen LogP contribution in [-0.2, 0) is 10.0 Å². The molecule has 1 aromatic rings. The van der Waals surface area contributed by atoms with Crippen LogP contribution in [-0.4, -0.2) is 56.2 Å². The summed E-state index contributed by atoms with van der Waals surface area (Å²) in [6, 6.07) is 1.36. The maximum absolute atomic E-state index is 12.2. The summed E-state index contributed by atoms with van der Waals surface area (Å²) in [7, 11) is -0.256. The zero-order valence-corrected chi connectivity index (χ0v) is 14.5. The first-order chi connectivity index (χ1) is 9.03. The molecule has 1 unspecified atom stereocenters. The minimum Gasteiger partial charge on any atom is -0.387 e. The molecule has 20 heavy (non-hydrogen) atoms. The van der Waals surface area contributed by atoms with Crippen LogP contribution in [0.25, 0.3) is 0 Å². The van der Waals surface area contributed by atoms with Crippen LogP contribution in [0.15, 0.2) is 21.6 Å². The van der Waals surface area contributed by atoms with Crippen molar-refractivity contribution >= 4 is 37.6 Å². The SMILES string of the molecule is CN(C)CC(C)(O)CNS(=O)(=O)c1cc(Br)cnc1Cl. The van der Waals surface area contributed by atoms with Crippen molar-refractivity contribution in [2.75, 3.05) is 27.2 Å². The molecule has 2 N–H and O–H groups in total. The van der Waals surface area contributed by atoms with Crippen molar-refractivity contribution in [2.24, 2.45) is 0 Å². The lowest BCUT2D eigenvalue weighted by molar-refractivity contribution is 0.0386. The molecule has 1 atom stereocenters. The number of aliphatic hydroxyl groups is 1. The highest BCUT2D eigenvalue weighted by Crippen LogP contribution is 2.22. The Balaban J connectivity index is 2.88. The van der Waals surface area contributed by atoms with Crippen LogP contribution in [0, 0.1) is 0 Å². The number of rotatable bonds is 6. The van der Waals surface area contributed by atoms with E-state index in [0.717, 1.165) is 0 Å². The zero-order chi connectivity index (χ0) is 15.6. The molecule has 114 valence electrons. The Morgan fingerprint density at radius 1 is 1.55 bits per heavy atom. The van der Waals surface area contributed by atoms with Crippen LogP contribution in [0.4, 0.5) is 0 Å². The van der Waals surface area contributed by atoms with Crippen LogP contribution in [0.3, 0.4) is 0 Å². The summed E-state index contributed by atoms with van der Waals surface area (Å²) < 4.78 is 27.2. The number of sulfonamides is 1. The summed E-state index contributed by atoms with van der Waals surface area (Å²) >= 11 is 8.94. The summed E-state index contributed by atoms with van der Waals surface area (Å²) in [6.45, 7) is 1.74. The van der Waals surface area contributed by atoms with E-state index in [0.29, 0.717) is 11.0 Å². The minimum atomic E-state index is -3.84. The monoisotopic (exact) mass is 385 g/mol. The van der Waals surface area contributed by atoms with Crippen molar-refractivity contribution in [2.45, 2.75) is 17.4 Å². The predicted octanol–water partition coefficient (Wildman–Crippen LogP) is 1.09. The molecule has 6 nitrogen and oxygen atoms in total. The number of nitrogens with one attached hydrogen (secondary N) is 1. The van der Waals surface area contributed by atoms with Gasteiger partial charge in [0, 0.05) is 23.8 Å². The highest BCUT2D eigenvalue weighted by molar-refractivity contribution is 9.10. The van der Waals surface area contributed by atoms with E-state index in [-0.39, 0.29) is 16.6 Å². The highest BCUT2D eigenvalue weighted by Gasteiger charge is 2.26. The van der Waals surface area contributed by atoms with Crippen molar-refractivity contribution in [1.29, 1.82) is 0 Å². The molecule has 0 aliphatic heterocycles. The van der Waals surface area contributed by atoms with Gasteiger partial charge in [-0.15, -0.1) is 0 Å². The summed E-state index contributed by atoms with van der Waals surface area (Å²) in [5, 5.41) is 9.97. The summed E-state index contributed by atoms with van der Waals surface area (Å²) in [5.41, 5.74) is -1.19. The largest absolute Gasteiger partial charge is 0.387 e. The van der Waals surface area contributed by atoms with Crippen LogP contribution in [0.5, 0.6) is 0 Å². The average molecular weight is 387 g/mol. The minimum absolute atomic E-state index is 0.118. The molecule has 0 bridgehead atoms.